The van der Waals surface area contributed by atoms with Crippen LogP contribution < -0.4 is 0 Å². The highest BCUT2D eigenvalue weighted by Gasteiger charge is 2.07. The first-order valence-electron chi connectivity index (χ1n) is 7.37. The van der Waals surface area contributed by atoms with Crippen LogP contribution in [0, 0.1) is 6.92 Å². The minimum atomic E-state index is -0.0671. The molecule has 24 heavy (non-hydrogen) atoms. The van der Waals surface area contributed by atoms with Gasteiger partial charge in [0, 0.05) is 11.1 Å². The fourth-order valence-corrected chi connectivity index (χ4v) is 2.52. The average Bonchev–Trinajstić information content (AvgIpc) is 3.05. The predicted octanol–water partition coefficient (Wildman–Crippen LogP) is 6.46. The summed E-state index contributed by atoms with van der Waals surface area (Å²) in [4.78, 5) is 12.1. The van der Waals surface area contributed by atoms with Crippen molar-refractivity contribution in [1.82, 2.24) is 0 Å². The van der Waals surface area contributed by atoms with Gasteiger partial charge in [0.05, 0.1) is 10.0 Å². The van der Waals surface area contributed by atoms with E-state index in [4.69, 9.17) is 27.6 Å². The van der Waals surface area contributed by atoms with Crippen LogP contribution in [0.5, 0.6) is 0 Å². The Hall–Kier alpha value is -2.29. The molecule has 1 aromatic heterocycles. The predicted molar refractivity (Wildman–Crippen MR) is 98.7 cm³/mol. The van der Waals surface area contributed by atoms with E-state index in [0.717, 1.165) is 11.1 Å². The molecule has 2 aromatic carbocycles. The van der Waals surface area contributed by atoms with E-state index >= 15 is 0 Å². The number of hydrogen-bond donors (Lipinski definition) is 0. The fourth-order valence-electron chi connectivity index (χ4n) is 2.22. The fraction of sp³-hybridized carbons (Fsp3) is 0.0500. The number of carbonyl (C=O) groups excluding carboxylic acids is 1. The number of allylic oxidation sites excluding steroid dienone is 1. The van der Waals surface area contributed by atoms with Crippen molar-refractivity contribution in [2.75, 3.05) is 0 Å². The Morgan fingerprint density at radius 1 is 0.958 bits per heavy atom. The molecule has 0 fully saturated rings. The Labute approximate surface area is 150 Å². The van der Waals surface area contributed by atoms with Crippen LogP contribution in [0.2, 0.25) is 10.0 Å². The summed E-state index contributed by atoms with van der Waals surface area (Å²) in [5, 5.41) is 0.966. The second-order valence-electron chi connectivity index (χ2n) is 5.39. The molecule has 3 rings (SSSR count). The lowest BCUT2D eigenvalue weighted by Gasteiger charge is -1.99. The summed E-state index contributed by atoms with van der Waals surface area (Å²) in [6.07, 6.45) is 3.16. The van der Waals surface area contributed by atoms with Gasteiger partial charge in [0.1, 0.15) is 11.5 Å². The molecule has 0 aliphatic heterocycles. The summed E-state index contributed by atoms with van der Waals surface area (Å²) in [6, 6.07) is 16.4. The average molecular weight is 357 g/mol. The van der Waals surface area contributed by atoms with Crippen molar-refractivity contribution in [2.24, 2.45) is 0 Å². The molecule has 2 nitrogen and oxygen atoms in total. The van der Waals surface area contributed by atoms with Crippen molar-refractivity contribution in [3.05, 3.63) is 87.6 Å². The Bertz CT molecular complexity index is 906. The number of halogens is 2. The molecule has 0 saturated heterocycles. The first-order chi connectivity index (χ1) is 11.5. The van der Waals surface area contributed by atoms with Crippen molar-refractivity contribution in [3.63, 3.8) is 0 Å². The molecule has 0 amide bonds. The van der Waals surface area contributed by atoms with Gasteiger partial charge < -0.3 is 4.42 Å². The van der Waals surface area contributed by atoms with Crippen LogP contribution in [-0.2, 0) is 0 Å². The van der Waals surface area contributed by atoms with Gasteiger partial charge in [0.25, 0.3) is 0 Å². The van der Waals surface area contributed by atoms with Crippen molar-refractivity contribution in [3.8, 4) is 11.3 Å². The highest BCUT2D eigenvalue weighted by molar-refractivity contribution is 6.42. The minimum Gasteiger partial charge on any atom is -0.457 e. The van der Waals surface area contributed by atoms with Crippen LogP contribution in [0.1, 0.15) is 21.7 Å². The number of furan rings is 1. The Balaban J connectivity index is 1.77. The van der Waals surface area contributed by atoms with Crippen LogP contribution >= 0.6 is 23.2 Å². The van der Waals surface area contributed by atoms with Crippen molar-refractivity contribution >= 4 is 35.1 Å². The van der Waals surface area contributed by atoms with Crippen LogP contribution in [-0.4, -0.2) is 5.78 Å². The quantitative estimate of drug-likeness (QED) is 0.396. The van der Waals surface area contributed by atoms with Gasteiger partial charge in [-0.1, -0.05) is 53.0 Å². The molecule has 0 saturated carbocycles. The van der Waals surface area contributed by atoms with E-state index in [1.807, 2.05) is 43.3 Å². The van der Waals surface area contributed by atoms with Crippen LogP contribution in [0.4, 0.5) is 0 Å². The van der Waals surface area contributed by atoms with Crippen molar-refractivity contribution in [2.45, 2.75) is 6.92 Å². The molecule has 0 unspecified atom stereocenters. The third-order valence-electron chi connectivity index (χ3n) is 3.57. The molecular weight excluding hydrogens is 343 g/mol. The van der Waals surface area contributed by atoms with E-state index in [1.54, 1.807) is 24.3 Å². The molecule has 0 atom stereocenters. The molecule has 4 heteroatoms. The Kier molecular flexibility index (Phi) is 4.89. The molecule has 0 radical (unpaired) electrons. The van der Waals surface area contributed by atoms with Gasteiger partial charge in [-0.25, -0.2) is 0 Å². The highest BCUT2D eigenvalue weighted by Crippen LogP contribution is 2.29. The minimum absolute atomic E-state index is 0.0671. The third kappa shape index (κ3) is 3.78. The van der Waals surface area contributed by atoms with Gasteiger partial charge in [0.2, 0.25) is 0 Å². The smallest absolute Gasteiger partial charge is 0.185 e. The van der Waals surface area contributed by atoms with Crippen molar-refractivity contribution in [1.29, 1.82) is 0 Å². The molecule has 1 heterocycles. The maximum Gasteiger partial charge on any atom is 0.185 e. The highest BCUT2D eigenvalue weighted by atomic mass is 35.5. The molecule has 0 aliphatic carbocycles. The van der Waals surface area contributed by atoms with E-state index in [0.29, 0.717) is 27.1 Å². The van der Waals surface area contributed by atoms with Crippen LogP contribution in [0.15, 0.2) is 65.1 Å². The summed E-state index contributed by atoms with van der Waals surface area (Å²) in [6.45, 7) is 1.98. The van der Waals surface area contributed by atoms with Gasteiger partial charge in [-0.2, -0.15) is 0 Å². The number of rotatable bonds is 4. The number of hydrogen-bond acceptors (Lipinski definition) is 2. The van der Waals surface area contributed by atoms with E-state index in [1.165, 1.54) is 6.08 Å². The van der Waals surface area contributed by atoms with Gasteiger partial charge in [-0.05, 0) is 49.4 Å². The zero-order valence-electron chi connectivity index (χ0n) is 12.9. The number of benzene rings is 2. The number of carbonyl (C=O) groups is 1. The standard InChI is InChI=1S/C20H14Cl2O2/c1-13-2-4-14(5-3-13)19(23)10-7-16-8-11-20(24-16)15-6-9-17(21)18(22)12-15/h2-12H,1H3/b10-7+. The monoisotopic (exact) mass is 356 g/mol. The summed E-state index contributed by atoms with van der Waals surface area (Å²) in [5.74, 6) is 1.19. The molecule has 120 valence electrons. The Morgan fingerprint density at radius 2 is 1.71 bits per heavy atom. The maximum atomic E-state index is 12.1. The normalized spacial score (nSPS) is 11.1. The summed E-state index contributed by atoms with van der Waals surface area (Å²) >= 11 is 11.9. The van der Waals surface area contributed by atoms with Gasteiger partial charge in [-0.15, -0.1) is 0 Å². The molecule has 3 aromatic rings. The molecule has 0 bridgehead atoms. The SMILES string of the molecule is Cc1ccc(C(=O)/C=C/c2ccc(-c3ccc(Cl)c(Cl)c3)o2)cc1. The van der Waals surface area contributed by atoms with Gasteiger partial charge >= 0.3 is 0 Å². The lowest BCUT2D eigenvalue weighted by molar-refractivity contribution is 0.104. The van der Waals surface area contributed by atoms with Crippen molar-refractivity contribution < 1.29 is 9.21 Å². The number of aryl methyl sites for hydroxylation is 1. The zero-order valence-corrected chi connectivity index (χ0v) is 14.4. The van der Waals surface area contributed by atoms with E-state index in [9.17, 15) is 4.79 Å². The molecule has 0 aliphatic rings. The first-order valence-corrected chi connectivity index (χ1v) is 8.13. The maximum absolute atomic E-state index is 12.1. The topological polar surface area (TPSA) is 30.2 Å². The third-order valence-corrected chi connectivity index (χ3v) is 4.30. The number of ketones is 1. The van der Waals surface area contributed by atoms with E-state index < -0.39 is 0 Å². The van der Waals surface area contributed by atoms with E-state index in [-0.39, 0.29) is 5.78 Å². The second-order valence-corrected chi connectivity index (χ2v) is 6.21. The summed E-state index contributed by atoms with van der Waals surface area (Å²) in [5.41, 5.74) is 2.59. The summed E-state index contributed by atoms with van der Waals surface area (Å²) in [7, 11) is 0. The largest absolute Gasteiger partial charge is 0.457 e. The lowest BCUT2D eigenvalue weighted by atomic mass is 10.1. The molecular formula is C20H14Cl2O2. The first kappa shape index (κ1) is 16.6. The van der Waals surface area contributed by atoms with Gasteiger partial charge in [-0.3, -0.25) is 4.79 Å². The molecule has 0 N–H and O–H groups in total. The van der Waals surface area contributed by atoms with Crippen LogP contribution in [0.3, 0.4) is 0 Å². The summed E-state index contributed by atoms with van der Waals surface area (Å²) < 4.78 is 5.73. The zero-order chi connectivity index (χ0) is 17.1. The van der Waals surface area contributed by atoms with Gasteiger partial charge in [0.15, 0.2) is 5.78 Å². The Morgan fingerprint density at radius 3 is 2.42 bits per heavy atom. The lowest BCUT2D eigenvalue weighted by Crippen LogP contribution is -1.93. The second kappa shape index (κ2) is 7.08. The van der Waals surface area contributed by atoms with E-state index in [2.05, 4.69) is 0 Å². The van der Waals surface area contributed by atoms with Crippen LogP contribution in [0.25, 0.3) is 17.4 Å². The molecule has 0 spiro atoms.